The average Bonchev–Trinajstić information content (AvgIpc) is 2.88. The molecule has 3 aromatic rings. The molecule has 2 aromatic heterocycles. The number of hydrogen-bond donors (Lipinski definition) is 2. The zero-order valence-corrected chi connectivity index (χ0v) is 24.5. The van der Waals surface area contributed by atoms with Crippen LogP contribution in [0.3, 0.4) is 0 Å². The number of aliphatic carboxylic acids is 1. The molecule has 0 radical (unpaired) electrons. The predicted octanol–water partition coefficient (Wildman–Crippen LogP) is 7.18. The molecule has 2 heterocycles. The van der Waals surface area contributed by atoms with Gasteiger partial charge in [0.2, 0.25) is 0 Å². The van der Waals surface area contributed by atoms with E-state index in [-0.39, 0.29) is 39.5 Å². The second-order valence-electron chi connectivity index (χ2n) is 10.6. The van der Waals surface area contributed by atoms with E-state index in [0.29, 0.717) is 29.4 Å². The molecule has 4 rings (SSSR count). The summed E-state index contributed by atoms with van der Waals surface area (Å²) in [5.41, 5.74) is 0.167. The van der Waals surface area contributed by atoms with Crippen molar-refractivity contribution in [1.82, 2.24) is 20.3 Å². The molecule has 1 saturated carbocycles. The Balaban J connectivity index is 1.73. The number of rotatable bonds is 7. The van der Waals surface area contributed by atoms with Crippen LogP contribution in [0.5, 0.6) is 0 Å². The molecule has 0 atom stereocenters. The van der Waals surface area contributed by atoms with Gasteiger partial charge in [-0.15, -0.1) is 0 Å². The van der Waals surface area contributed by atoms with Crippen LogP contribution in [0.1, 0.15) is 64.3 Å². The summed E-state index contributed by atoms with van der Waals surface area (Å²) in [6.07, 6.45) is 0.287. The van der Waals surface area contributed by atoms with Crippen LogP contribution in [-0.4, -0.2) is 43.8 Å². The van der Waals surface area contributed by atoms with Crippen molar-refractivity contribution in [2.45, 2.75) is 71.1 Å². The number of nitrogens with zero attached hydrogens (tertiary/aromatic N) is 4. The van der Waals surface area contributed by atoms with Crippen molar-refractivity contribution in [1.29, 1.82) is 0 Å². The summed E-state index contributed by atoms with van der Waals surface area (Å²) in [5, 5.41) is 12.7. The lowest BCUT2D eigenvalue weighted by atomic mass is 9.86. The Bertz CT molecular complexity index is 1410. The van der Waals surface area contributed by atoms with Crippen molar-refractivity contribution in [3.8, 4) is 0 Å². The van der Waals surface area contributed by atoms with Gasteiger partial charge in [0.25, 0.3) is 6.43 Å². The number of benzene rings is 1. The summed E-state index contributed by atoms with van der Waals surface area (Å²) in [7, 11) is 0. The number of anilines is 2. The Hall–Kier alpha value is -2.96. The number of ether oxygens (including phenoxy) is 1. The number of carbonyl (C=O) groups excluding carboxylic acids is 1. The van der Waals surface area contributed by atoms with Crippen LogP contribution in [0.4, 0.5) is 25.1 Å². The second kappa shape index (κ2) is 12.3. The highest BCUT2D eigenvalue weighted by Crippen LogP contribution is 2.39. The van der Waals surface area contributed by atoms with Crippen LogP contribution in [-0.2, 0) is 16.1 Å². The van der Waals surface area contributed by atoms with Crippen LogP contribution in [0, 0.1) is 5.92 Å². The summed E-state index contributed by atoms with van der Waals surface area (Å²) in [6.45, 7) is 5.42. The van der Waals surface area contributed by atoms with E-state index in [1.165, 1.54) is 0 Å². The van der Waals surface area contributed by atoms with Gasteiger partial charge in [0.05, 0.1) is 22.1 Å². The van der Waals surface area contributed by atoms with Gasteiger partial charge in [0, 0.05) is 23.3 Å². The number of carboxylic acid groups (broad SMARTS) is 1. The lowest BCUT2D eigenvalue weighted by Crippen LogP contribution is -2.35. The third-order valence-corrected chi connectivity index (χ3v) is 7.70. The number of halogens is 4. The molecule has 0 bridgehead atoms. The Labute approximate surface area is 243 Å². The molecule has 0 unspecified atom stereocenters. The van der Waals surface area contributed by atoms with Crippen molar-refractivity contribution in [3.63, 3.8) is 0 Å². The van der Waals surface area contributed by atoms with Crippen LogP contribution < -0.4 is 10.2 Å². The lowest BCUT2D eigenvalue weighted by Gasteiger charge is -2.28. The van der Waals surface area contributed by atoms with Crippen LogP contribution in [0.15, 0.2) is 34.9 Å². The number of carboxylic acids is 1. The molecule has 1 aliphatic carbocycles. The Kier molecular flexibility index (Phi) is 9.21. The number of alkyl halides is 2. The summed E-state index contributed by atoms with van der Waals surface area (Å²) in [6, 6.07) is 6.61. The lowest BCUT2D eigenvalue weighted by molar-refractivity contribution is -0.142. The molecule has 1 aliphatic rings. The standard InChI is InChI=1S/C27H29BrClF2N5O4/c1-27(2,3)40-26(39)36(19-6-4-5-17(28)20(19)29)24-21-18(34-23(35-24)22(30)31)11-14(13-33-21)12-32-16-9-7-15(8-10-16)25(37)38/h4-6,11,13,15-16,22,32H,7-10,12H2,1-3H3,(H,37,38). The first kappa shape index (κ1) is 30.0. The Morgan fingerprint density at radius 1 is 1.23 bits per heavy atom. The van der Waals surface area contributed by atoms with Crippen molar-refractivity contribution in [2.24, 2.45) is 5.92 Å². The van der Waals surface area contributed by atoms with Crippen molar-refractivity contribution < 1.29 is 28.2 Å². The summed E-state index contributed by atoms with van der Waals surface area (Å²) in [5.74, 6) is -2.07. The maximum atomic E-state index is 14.0. The number of fused-ring (bicyclic) bond motifs is 1. The fraction of sp³-hybridized carbons (Fsp3) is 0.444. The van der Waals surface area contributed by atoms with Gasteiger partial charge in [-0.3, -0.25) is 9.78 Å². The number of pyridine rings is 1. The van der Waals surface area contributed by atoms with E-state index >= 15 is 0 Å². The summed E-state index contributed by atoms with van der Waals surface area (Å²) >= 11 is 9.86. The van der Waals surface area contributed by atoms with Crippen LogP contribution in [0.2, 0.25) is 5.02 Å². The van der Waals surface area contributed by atoms with Gasteiger partial charge < -0.3 is 15.2 Å². The van der Waals surface area contributed by atoms with Gasteiger partial charge in [0.15, 0.2) is 11.6 Å². The van der Waals surface area contributed by atoms with Gasteiger partial charge in [-0.05, 0) is 86.1 Å². The fourth-order valence-electron chi connectivity index (χ4n) is 4.49. The average molecular weight is 641 g/mol. The third-order valence-electron chi connectivity index (χ3n) is 6.42. The maximum Gasteiger partial charge on any atom is 0.420 e. The van der Waals surface area contributed by atoms with Gasteiger partial charge in [-0.1, -0.05) is 17.7 Å². The summed E-state index contributed by atoms with van der Waals surface area (Å²) in [4.78, 5) is 38.2. The van der Waals surface area contributed by atoms with E-state index in [1.54, 1.807) is 51.2 Å². The van der Waals surface area contributed by atoms with Crippen molar-refractivity contribution >= 4 is 62.1 Å². The zero-order valence-electron chi connectivity index (χ0n) is 22.1. The van der Waals surface area contributed by atoms with Crippen molar-refractivity contribution in [3.05, 3.63) is 51.3 Å². The third kappa shape index (κ3) is 7.02. The highest BCUT2D eigenvalue weighted by atomic mass is 79.9. The monoisotopic (exact) mass is 639 g/mol. The van der Waals surface area contributed by atoms with E-state index in [0.717, 1.165) is 17.7 Å². The molecule has 1 amide bonds. The predicted molar refractivity (Wildman–Crippen MR) is 150 cm³/mol. The highest BCUT2D eigenvalue weighted by molar-refractivity contribution is 9.10. The molecule has 2 N–H and O–H groups in total. The molecule has 9 nitrogen and oxygen atoms in total. The molecular formula is C27H29BrClF2N5O4. The Morgan fingerprint density at radius 3 is 2.55 bits per heavy atom. The second-order valence-corrected chi connectivity index (χ2v) is 11.8. The van der Waals surface area contributed by atoms with Crippen LogP contribution in [0.25, 0.3) is 11.0 Å². The maximum absolute atomic E-state index is 14.0. The highest BCUT2D eigenvalue weighted by Gasteiger charge is 2.32. The number of aromatic nitrogens is 3. The minimum atomic E-state index is -3.02. The molecular weight excluding hydrogens is 612 g/mol. The molecule has 0 saturated heterocycles. The first-order chi connectivity index (χ1) is 18.8. The van der Waals surface area contributed by atoms with Crippen LogP contribution >= 0.6 is 27.5 Å². The first-order valence-electron chi connectivity index (χ1n) is 12.7. The van der Waals surface area contributed by atoms with E-state index in [1.807, 2.05) is 0 Å². The van der Waals surface area contributed by atoms with E-state index in [2.05, 4.69) is 36.2 Å². The number of amides is 1. The largest absolute Gasteiger partial charge is 0.481 e. The van der Waals surface area contributed by atoms with Gasteiger partial charge in [0.1, 0.15) is 11.1 Å². The van der Waals surface area contributed by atoms with Gasteiger partial charge in [-0.25, -0.2) is 28.4 Å². The van der Waals surface area contributed by atoms with E-state index in [9.17, 15) is 23.5 Å². The molecule has 1 fully saturated rings. The van der Waals surface area contributed by atoms with Crippen molar-refractivity contribution in [2.75, 3.05) is 4.90 Å². The first-order valence-corrected chi connectivity index (χ1v) is 13.9. The SMILES string of the molecule is CC(C)(C)OC(=O)N(c1cccc(Br)c1Cl)c1nc(C(F)F)nc2cc(CNC3CCC(C(=O)O)CC3)cnc12. The fourth-order valence-corrected chi connectivity index (χ4v) is 5.06. The van der Waals surface area contributed by atoms with Gasteiger partial charge >= 0.3 is 12.1 Å². The molecule has 0 spiro atoms. The molecule has 1 aromatic carbocycles. The minimum absolute atomic E-state index is 0.108. The molecule has 0 aliphatic heterocycles. The summed E-state index contributed by atoms with van der Waals surface area (Å²) < 4.78 is 34.0. The minimum Gasteiger partial charge on any atom is -0.481 e. The molecule has 214 valence electrons. The smallest absolute Gasteiger partial charge is 0.420 e. The zero-order chi connectivity index (χ0) is 29.2. The van der Waals surface area contributed by atoms with E-state index in [4.69, 9.17) is 16.3 Å². The number of hydrogen-bond acceptors (Lipinski definition) is 7. The number of carbonyl (C=O) groups is 2. The van der Waals surface area contributed by atoms with E-state index < -0.39 is 29.9 Å². The molecule has 40 heavy (non-hydrogen) atoms. The number of nitrogens with one attached hydrogen (secondary N) is 1. The topological polar surface area (TPSA) is 118 Å². The van der Waals surface area contributed by atoms with Gasteiger partial charge in [-0.2, -0.15) is 0 Å². The normalized spacial score (nSPS) is 17.7. The quantitative estimate of drug-likeness (QED) is 0.279. The Morgan fingerprint density at radius 2 is 1.93 bits per heavy atom. The molecule has 13 heteroatoms.